The molecule has 258 valence electrons. The molecule has 0 aliphatic rings. The first-order chi connectivity index (χ1) is 27.3. The van der Waals surface area contributed by atoms with E-state index in [-0.39, 0.29) is 0 Å². The van der Waals surface area contributed by atoms with Crippen LogP contribution in [-0.2, 0) is 0 Å². The second kappa shape index (κ2) is 12.9. The Morgan fingerprint density at radius 2 is 0.945 bits per heavy atom. The summed E-state index contributed by atoms with van der Waals surface area (Å²) >= 11 is 1.86. The third-order valence-electron chi connectivity index (χ3n) is 11.0. The minimum Gasteiger partial charge on any atom is -0.310 e. The molecular weight excluding hydrogens is 685 g/mol. The van der Waals surface area contributed by atoms with Gasteiger partial charge < -0.3 is 9.47 Å². The highest BCUT2D eigenvalue weighted by molar-refractivity contribution is 7.25. The molecule has 0 aliphatic carbocycles. The average molecular weight is 719 g/mol. The van der Waals surface area contributed by atoms with Gasteiger partial charge in [-0.15, -0.1) is 11.3 Å². The standard InChI is InChI=1S/C52H34N2S/c1-3-13-35(14-4-1)36-23-26-39(27-24-36)53(40-28-32-52-47(34-40)45-20-10-12-22-51(45)55-52)49-31-29-41(42-17-7-8-18-43(42)49)37-25-30-50-46(33-37)44-19-9-11-21-48(44)54(50)38-15-5-2-6-16-38/h1-34H. The zero-order valence-electron chi connectivity index (χ0n) is 29.9. The molecule has 2 nitrogen and oxygen atoms in total. The van der Waals surface area contributed by atoms with E-state index in [1.54, 1.807) is 0 Å². The summed E-state index contributed by atoms with van der Waals surface area (Å²) in [5.74, 6) is 0. The average Bonchev–Trinajstić information content (AvgIpc) is 3.80. The number of anilines is 3. The lowest BCUT2D eigenvalue weighted by Gasteiger charge is -2.28. The van der Waals surface area contributed by atoms with E-state index < -0.39 is 0 Å². The highest BCUT2D eigenvalue weighted by atomic mass is 32.1. The molecule has 0 N–H and O–H groups in total. The van der Waals surface area contributed by atoms with Crippen LogP contribution in [0.25, 0.3) is 80.7 Å². The van der Waals surface area contributed by atoms with Crippen molar-refractivity contribution in [2.24, 2.45) is 0 Å². The number of aromatic nitrogens is 1. The predicted molar refractivity (Wildman–Crippen MR) is 237 cm³/mol. The lowest BCUT2D eigenvalue weighted by Crippen LogP contribution is -2.10. The second-order valence-corrected chi connectivity index (χ2v) is 15.2. The van der Waals surface area contributed by atoms with Crippen LogP contribution in [0, 0.1) is 0 Å². The molecule has 2 aromatic heterocycles. The molecule has 0 unspecified atom stereocenters. The van der Waals surface area contributed by atoms with E-state index in [1.165, 1.54) is 80.7 Å². The fourth-order valence-corrected chi connectivity index (χ4v) is 9.53. The minimum atomic E-state index is 1.12. The first-order valence-corrected chi connectivity index (χ1v) is 19.6. The van der Waals surface area contributed by atoms with Crippen LogP contribution in [0.4, 0.5) is 17.1 Å². The van der Waals surface area contributed by atoms with E-state index in [2.05, 4.69) is 216 Å². The summed E-state index contributed by atoms with van der Waals surface area (Å²) < 4.78 is 4.99. The van der Waals surface area contributed by atoms with Crippen LogP contribution in [0.5, 0.6) is 0 Å². The number of fused-ring (bicyclic) bond motifs is 7. The molecule has 0 aliphatic heterocycles. The Balaban J connectivity index is 1.10. The Hall–Kier alpha value is -6.94. The summed E-state index contributed by atoms with van der Waals surface area (Å²) in [6, 6.07) is 75.2. The van der Waals surface area contributed by atoms with Crippen LogP contribution in [0.3, 0.4) is 0 Å². The minimum absolute atomic E-state index is 1.12. The molecule has 3 heteroatoms. The van der Waals surface area contributed by atoms with Crippen molar-refractivity contribution >= 4 is 81.1 Å². The lowest BCUT2D eigenvalue weighted by atomic mass is 9.95. The number of thiophene rings is 1. The molecule has 55 heavy (non-hydrogen) atoms. The van der Waals surface area contributed by atoms with Gasteiger partial charge in [0.05, 0.1) is 16.7 Å². The third kappa shape index (κ3) is 5.24. The van der Waals surface area contributed by atoms with Crippen molar-refractivity contribution in [1.29, 1.82) is 0 Å². The fourth-order valence-electron chi connectivity index (χ4n) is 8.44. The third-order valence-corrected chi connectivity index (χ3v) is 12.1. The molecule has 0 amide bonds. The van der Waals surface area contributed by atoms with Crippen molar-refractivity contribution in [3.63, 3.8) is 0 Å². The molecule has 11 aromatic rings. The second-order valence-electron chi connectivity index (χ2n) is 14.1. The number of hydrogen-bond donors (Lipinski definition) is 0. The molecule has 0 spiro atoms. The highest BCUT2D eigenvalue weighted by Gasteiger charge is 2.20. The number of para-hydroxylation sites is 2. The van der Waals surface area contributed by atoms with Gasteiger partial charge in [-0.2, -0.15) is 0 Å². The van der Waals surface area contributed by atoms with E-state index in [0.29, 0.717) is 0 Å². The van der Waals surface area contributed by atoms with Gasteiger partial charge in [0, 0.05) is 53.4 Å². The molecular formula is C52H34N2S. The summed E-state index contributed by atoms with van der Waals surface area (Å²) in [6.07, 6.45) is 0. The van der Waals surface area contributed by atoms with Crippen molar-refractivity contribution < 1.29 is 0 Å². The summed E-state index contributed by atoms with van der Waals surface area (Å²) in [7, 11) is 0. The van der Waals surface area contributed by atoms with Gasteiger partial charge in [-0.25, -0.2) is 0 Å². The first kappa shape index (κ1) is 31.6. The maximum absolute atomic E-state index is 2.43. The summed E-state index contributed by atoms with van der Waals surface area (Å²) in [6.45, 7) is 0. The van der Waals surface area contributed by atoms with E-state index in [0.717, 1.165) is 17.1 Å². The number of benzene rings is 9. The van der Waals surface area contributed by atoms with Crippen molar-refractivity contribution in [3.8, 4) is 27.9 Å². The van der Waals surface area contributed by atoms with Gasteiger partial charge in [-0.3, -0.25) is 0 Å². The Labute approximate surface area is 323 Å². The first-order valence-electron chi connectivity index (χ1n) is 18.8. The zero-order valence-corrected chi connectivity index (χ0v) is 30.7. The summed E-state index contributed by atoms with van der Waals surface area (Å²) in [5.41, 5.74) is 11.8. The molecule has 0 radical (unpaired) electrons. The molecule has 0 bridgehead atoms. The monoisotopic (exact) mass is 718 g/mol. The Morgan fingerprint density at radius 1 is 0.345 bits per heavy atom. The smallest absolute Gasteiger partial charge is 0.0541 e. The van der Waals surface area contributed by atoms with Gasteiger partial charge in [-0.1, -0.05) is 133 Å². The van der Waals surface area contributed by atoms with Crippen LogP contribution in [0.15, 0.2) is 206 Å². The molecule has 11 rings (SSSR count). The van der Waals surface area contributed by atoms with Gasteiger partial charge in [0.15, 0.2) is 0 Å². The van der Waals surface area contributed by atoms with Crippen LogP contribution < -0.4 is 4.90 Å². The topological polar surface area (TPSA) is 8.17 Å². The molecule has 0 saturated carbocycles. The van der Waals surface area contributed by atoms with Gasteiger partial charge in [0.25, 0.3) is 0 Å². The summed E-state index contributed by atoms with van der Waals surface area (Å²) in [5, 5.41) is 7.52. The van der Waals surface area contributed by atoms with Crippen molar-refractivity contribution in [2.45, 2.75) is 0 Å². The molecule has 0 saturated heterocycles. The largest absolute Gasteiger partial charge is 0.310 e. The van der Waals surface area contributed by atoms with E-state index in [4.69, 9.17) is 0 Å². The lowest BCUT2D eigenvalue weighted by molar-refractivity contribution is 1.18. The van der Waals surface area contributed by atoms with Gasteiger partial charge >= 0.3 is 0 Å². The van der Waals surface area contributed by atoms with Crippen molar-refractivity contribution in [2.75, 3.05) is 4.90 Å². The fraction of sp³-hybridized carbons (Fsp3) is 0. The maximum atomic E-state index is 2.43. The maximum Gasteiger partial charge on any atom is 0.0541 e. The van der Waals surface area contributed by atoms with E-state index in [9.17, 15) is 0 Å². The molecule has 2 heterocycles. The van der Waals surface area contributed by atoms with E-state index in [1.807, 2.05) is 11.3 Å². The van der Waals surface area contributed by atoms with Gasteiger partial charge in [-0.05, 0) is 100 Å². The molecule has 0 atom stereocenters. The SMILES string of the molecule is c1ccc(-c2ccc(N(c3ccc4sc5ccccc5c4c3)c3ccc(-c4ccc5c(c4)c4ccccc4n5-c4ccccc4)c4ccccc34)cc2)cc1. The summed E-state index contributed by atoms with van der Waals surface area (Å²) in [4.78, 5) is 2.43. The van der Waals surface area contributed by atoms with Crippen LogP contribution in [0.2, 0.25) is 0 Å². The van der Waals surface area contributed by atoms with Crippen LogP contribution in [0.1, 0.15) is 0 Å². The quantitative estimate of drug-likeness (QED) is 0.166. The predicted octanol–water partition coefficient (Wildman–Crippen LogP) is 15.1. The number of nitrogens with zero attached hydrogens (tertiary/aromatic N) is 2. The normalized spacial score (nSPS) is 11.6. The van der Waals surface area contributed by atoms with Crippen LogP contribution in [-0.4, -0.2) is 4.57 Å². The van der Waals surface area contributed by atoms with Crippen molar-refractivity contribution in [1.82, 2.24) is 4.57 Å². The number of hydrogen-bond acceptors (Lipinski definition) is 2. The molecule has 9 aromatic carbocycles. The van der Waals surface area contributed by atoms with E-state index >= 15 is 0 Å². The highest BCUT2D eigenvalue weighted by Crippen LogP contribution is 2.45. The van der Waals surface area contributed by atoms with Crippen LogP contribution >= 0.6 is 11.3 Å². The zero-order chi connectivity index (χ0) is 36.3. The number of rotatable bonds is 6. The Bertz CT molecular complexity index is 3190. The van der Waals surface area contributed by atoms with Crippen molar-refractivity contribution in [3.05, 3.63) is 206 Å². The Kier molecular flexibility index (Phi) is 7.39. The van der Waals surface area contributed by atoms with Gasteiger partial charge in [0.2, 0.25) is 0 Å². The Morgan fingerprint density at radius 3 is 1.76 bits per heavy atom. The molecule has 0 fully saturated rings. The van der Waals surface area contributed by atoms with Gasteiger partial charge in [0.1, 0.15) is 0 Å².